The summed E-state index contributed by atoms with van der Waals surface area (Å²) in [5.41, 5.74) is 0.413. The Balaban J connectivity index is 2.05. The number of phenols is 1. The molecule has 6 heteroatoms. The van der Waals surface area contributed by atoms with Crippen LogP contribution in [-0.4, -0.2) is 23.0 Å². The molecule has 1 heterocycles. The number of anilines is 1. The summed E-state index contributed by atoms with van der Waals surface area (Å²) in [5.74, 6) is -0.396. The number of amides is 2. The van der Waals surface area contributed by atoms with E-state index >= 15 is 0 Å². The van der Waals surface area contributed by atoms with Crippen molar-refractivity contribution in [3.63, 3.8) is 0 Å². The Kier molecular flexibility index (Phi) is 3.19. The van der Waals surface area contributed by atoms with Gasteiger partial charge >= 0.3 is 0 Å². The third-order valence-electron chi connectivity index (χ3n) is 2.52. The molecule has 1 saturated heterocycles. The standard InChI is InChI=1S/C11H11ClN2O3/c12-7-5-6(15)1-2-8(7)14-11(17)9-3-4-10(16)13-9/h1-2,5,9,15H,3-4H2,(H,13,16)(H,14,17)/t9-/m0/s1. The zero-order chi connectivity index (χ0) is 12.4. The number of rotatable bonds is 2. The van der Waals surface area contributed by atoms with E-state index in [1.165, 1.54) is 18.2 Å². The molecule has 2 rings (SSSR count). The van der Waals surface area contributed by atoms with Crippen molar-refractivity contribution in [2.75, 3.05) is 5.32 Å². The fourth-order valence-corrected chi connectivity index (χ4v) is 1.86. The van der Waals surface area contributed by atoms with E-state index in [1.807, 2.05) is 0 Å². The molecule has 3 N–H and O–H groups in total. The van der Waals surface area contributed by atoms with Gasteiger partial charge in [-0.15, -0.1) is 0 Å². The van der Waals surface area contributed by atoms with Gasteiger partial charge in [0, 0.05) is 12.5 Å². The third kappa shape index (κ3) is 2.68. The van der Waals surface area contributed by atoms with Crippen molar-refractivity contribution in [1.82, 2.24) is 5.32 Å². The van der Waals surface area contributed by atoms with Crippen LogP contribution in [0.4, 0.5) is 5.69 Å². The predicted molar refractivity (Wildman–Crippen MR) is 62.9 cm³/mol. The first kappa shape index (κ1) is 11.7. The molecule has 0 radical (unpaired) electrons. The summed E-state index contributed by atoms with van der Waals surface area (Å²) in [7, 11) is 0. The lowest BCUT2D eigenvalue weighted by Gasteiger charge is -2.12. The quantitative estimate of drug-likeness (QED) is 0.696. The van der Waals surface area contributed by atoms with Crippen LogP contribution in [0.3, 0.4) is 0 Å². The van der Waals surface area contributed by atoms with E-state index in [0.717, 1.165) is 0 Å². The highest BCUT2D eigenvalue weighted by molar-refractivity contribution is 6.33. The third-order valence-corrected chi connectivity index (χ3v) is 2.84. The molecule has 1 aliphatic heterocycles. The van der Waals surface area contributed by atoms with Crippen molar-refractivity contribution >= 4 is 29.1 Å². The molecule has 5 nitrogen and oxygen atoms in total. The summed E-state index contributed by atoms with van der Waals surface area (Å²) in [5, 5.41) is 14.6. The molecular formula is C11H11ClN2O3. The zero-order valence-corrected chi connectivity index (χ0v) is 9.62. The van der Waals surface area contributed by atoms with Gasteiger partial charge in [0.2, 0.25) is 11.8 Å². The minimum Gasteiger partial charge on any atom is -0.508 e. The largest absolute Gasteiger partial charge is 0.508 e. The topological polar surface area (TPSA) is 78.4 Å². The van der Waals surface area contributed by atoms with Gasteiger partial charge < -0.3 is 15.7 Å². The number of carbonyl (C=O) groups is 2. The van der Waals surface area contributed by atoms with Gasteiger partial charge in [-0.05, 0) is 18.6 Å². The van der Waals surface area contributed by atoms with Gasteiger partial charge in [0.15, 0.2) is 0 Å². The number of benzene rings is 1. The van der Waals surface area contributed by atoms with Crippen LogP contribution in [0.25, 0.3) is 0 Å². The molecule has 90 valence electrons. The number of hydrogen-bond donors (Lipinski definition) is 3. The first-order valence-corrected chi connectivity index (χ1v) is 5.53. The van der Waals surface area contributed by atoms with Crippen LogP contribution in [0, 0.1) is 0 Å². The minimum atomic E-state index is -0.507. The van der Waals surface area contributed by atoms with E-state index in [1.54, 1.807) is 0 Å². The number of carbonyl (C=O) groups excluding carboxylic acids is 2. The number of phenolic OH excluding ortho intramolecular Hbond substituents is 1. The molecule has 0 spiro atoms. The molecule has 0 bridgehead atoms. The Labute approximate surface area is 103 Å². The Morgan fingerprint density at radius 2 is 2.29 bits per heavy atom. The van der Waals surface area contributed by atoms with Gasteiger partial charge in [-0.25, -0.2) is 0 Å². The summed E-state index contributed by atoms with van der Waals surface area (Å²) < 4.78 is 0. The van der Waals surface area contributed by atoms with Gasteiger partial charge in [-0.3, -0.25) is 9.59 Å². The van der Waals surface area contributed by atoms with Crippen LogP contribution in [0.5, 0.6) is 5.75 Å². The fourth-order valence-electron chi connectivity index (χ4n) is 1.64. The van der Waals surface area contributed by atoms with Crippen molar-refractivity contribution in [3.05, 3.63) is 23.2 Å². The van der Waals surface area contributed by atoms with E-state index in [-0.39, 0.29) is 22.6 Å². The van der Waals surface area contributed by atoms with Crippen molar-refractivity contribution in [3.8, 4) is 5.75 Å². The number of halogens is 1. The first-order valence-electron chi connectivity index (χ1n) is 5.15. The molecule has 1 aromatic rings. The van der Waals surface area contributed by atoms with Crippen molar-refractivity contribution in [2.45, 2.75) is 18.9 Å². The molecule has 2 amide bonds. The number of hydrogen-bond acceptors (Lipinski definition) is 3. The first-order chi connectivity index (χ1) is 8.06. The molecule has 0 unspecified atom stereocenters. The molecule has 0 aromatic heterocycles. The smallest absolute Gasteiger partial charge is 0.247 e. The molecule has 1 aromatic carbocycles. The van der Waals surface area contributed by atoms with E-state index in [4.69, 9.17) is 16.7 Å². The summed E-state index contributed by atoms with van der Waals surface area (Å²) >= 11 is 5.85. The second-order valence-corrected chi connectivity index (χ2v) is 4.22. The second kappa shape index (κ2) is 4.63. The van der Waals surface area contributed by atoms with Gasteiger partial charge in [0.25, 0.3) is 0 Å². The van der Waals surface area contributed by atoms with Gasteiger partial charge in [-0.1, -0.05) is 11.6 Å². The average molecular weight is 255 g/mol. The van der Waals surface area contributed by atoms with Crippen molar-refractivity contribution in [1.29, 1.82) is 0 Å². The Hall–Kier alpha value is -1.75. The maximum atomic E-state index is 11.8. The maximum Gasteiger partial charge on any atom is 0.247 e. The molecular weight excluding hydrogens is 244 g/mol. The summed E-state index contributed by atoms with van der Waals surface area (Å²) in [4.78, 5) is 22.7. The highest BCUT2D eigenvalue weighted by atomic mass is 35.5. The molecule has 1 aliphatic rings. The Bertz CT molecular complexity index is 476. The molecule has 0 saturated carbocycles. The van der Waals surface area contributed by atoms with Crippen LogP contribution < -0.4 is 10.6 Å². The average Bonchev–Trinajstić information content (AvgIpc) is 2.69. The number of nitrogens with one attached hydrogen (secondary N) is 2. The second-order valence-electron chi connectivity index (χ2n) is 3.81. The van der Waals surface area contributed by atoms with Crippen LogP contribution in [-0.2, 0) is 9.59 Å². The molecule has 1 atom stereocenters. The maximum absolute atomic E-state index is 11.8. The monoisotopic (exact) mass is 254 g/mol. The predicted octanol–water partition coefficient (Wildman–Crippen LogP) is 1.26. The molecule has 17 heavy (non-hydrogen) atoms. The Morgan fingerprint density at radius 1 is 1.53 bits per heavy atom. The van der Waals surface area contributed by atoms with Crippen LogP contribution in [0.2, 0.25) is 5.02 Å². The van der Waals surface area contributed by atoms with Gasteiger partial charge in [-0.2, -0.15) is 0 Å². The molecule has 0 aliphatic carbocycles. The Morgan fingerprint density at radius 3 is 2.88 bits per heavy atom. The van der Waals surface area contributed by atoms with E-state index in [0.29, 0.717) is 18.5 Å². The van der Waals surface area contributed by atoms with Crippen molar-refractivity contribution in [2.24, 2.45) is 0 Å². The highest BCUT2D eigenvalue weighted by Crippen LogP contribution is 2.26. The van der Waals surface area contributed by atoms with Crippen molar-refractivity contribution < 1.29 is 14.7 Å². The lowest BCUT2D eigenvalue weighted by Crippen LogP contribution is -2.37. The van der Waals surface area contributed by atoms with Crippen LogP contribution in [0.15, 0.2) is 18.2 Å². The fraction of sp³-hybridized carbons (Fsp3) is 0.273. The minimum absolute atomic E-state index is 0.0298. The summed E-state index contributed by atoms with van der Waals surface area (Å²) in [6.07, 6.45) is 0.849. The summed E-state index contributed by atoms with van der Waals surface area (Å²) in [6, 6.07) is 3.76. The van der Waals surface area contributed by atoms with E-state index in [2.05, 4.69) is 10.6 Å². The lowest BCUT2D eigenvalue weighted by atomic mass is 10.2. The SMILES string of the molecule is O=C1CC[C@@H](C(=O)Nc2ccc(O)cc2Cl)N1. The normalized spacial score (nSPS) is 18.9. The van der Waals surface area contributed by atoms with E-state index < -0.39 is 6.04 Å². The van der Waals surface area contributed by atoms with Gasteiger partial charge in [0.05, 0.1) is 10.7 Å². The lowest BCUT2D eigenvalue weighted by molar-refractivity contribution is -0.122. The van der Waals surface area contributed by atoms with Gasteiger partial charge in [0.1, 0.15) is 11.8 Å². The zero-order valence-electron chi connectivity index (χ0n) is 8.87. The van der Waals surface area contributed by atoms with E-state index in [9.17, 15) is 9.59 Å². The van der Waals surface area contributed by atoms with Crippen LogP contribution >= 0.6 is 11.6 Å². The molecule has 1 fully saturated rings. The summed E-state index contributed by atoms with van der Waals surface area (Å²) in [6.45, 7) is 0. The highest BCUT2D eigenvalue weighted by Gasteiger charge is 2.27. The van der Waals surface area contributed by atoms with Crippen LogP contribution in [0.1, 0.15) is 12.8 Å². The number of aromatic hydroxyl groups is 1.